The molecule has 1 atom stereocenters. The van der Waals surface area contributed by atoms with Crippen LogP contribution in [-0.2, 0) is 0 Å². The van der Waals surface area contributed by atoms with E-state index in [0.29, 0.717) is 5.41 Å². The predicted molar refractivity (Wildman–Crippen MR) is 74.2 cm³/mol. The van der Waals surface area contributed by atoms with Gasteiger partial charge in [0.15, 0.2) is 0 Å². The summed E-state index contributed by atoms with van der Waals surface area (Å²) in [7, 11) is 0. The van der Waals surface area contributed by atoms with Gasteiger partial charge in [-0.1, -0.05) is 20.8 Å². The van der Waals surface area contributed by atoms with Crippen LogP contribution in [0.4, 0.5) is 0 Å². The molecule has 1 aliphatic carbocycles. The molecular weight excluding hydrogens is 208 g/mol. The maximum atomic E-state index is 3.65. The van der Waals surface area contributed by atoms with Crippen LogP contribution in [0.1, 0.15) is 53.4 Å². The minimum atomic E-state index is 0.502. The van der Waals surface area contributed by atoms with Crippen LogP contribution in [0.3, 0.4) is 0 Å². The second kappa shape index (κ2) is 5.27. The van der Waals surface area contributed by atoms with E-state index in [2.05, 4.69) is 37.9 Å². The van der Waals surface area contributed by atoms with Gasteiger partial charge >= 0.3 is 0 Å². The van der Waals surface area contributed by atoms with Crippen molar-refractivity contribution < 1.29 is 0 Å². The first kappa shape index (κ1) is 13.4. The van der Waals surface area contributed by atoms with Crippen LogP contribution >= 0.6 is 0 Å². The maximum absolute atomic E-state index is 3.65. The summed E-state index contributed by atoms with van der Waals surface area (Å²) in [6.07, 6.45) is 5.58. The standard InChI is InChI=1S/C15H30N2/c1-12(11-16-14-5-6-14)17-9-7-13(8-10-17)15(2,3)4/h12-14,16H,5-11H2,1-4H3. The topological polar surface area (TPSA) is 15.3 Å². The zero-order chi connectivity index (χ0) is 12.5. The molecule has 1 saturated heterocycles. The Labute approximate surface area is 107 Å². The molecule has 100 valence electrons. The zero-order valence-electron chi connectivity index (χ0n) is 12.1. The monoisotopic (exact) mass is 238 g/mol. The Morgan fingerprint density at radius 3 is 2.18 bits per heavy atom. The highest BCUT2D eigenvalue weighted by Crippen LogP contribution is 2.34. The summed E-state index contributed by atoms with van der Waals surface area (Å²) in [5.41, 5.74) is 0.502. The van der Waals surface area contributed by atoms with E-state index in [0.717, 1.165) is 18.0 Å². The fourth-order valence-electron chi connectivity index (χ4n) is 2.96. The molecule has 0 aromatic carbocycles. The fraction of sp³-hybridized carbons (Fsp3) is 1.00. The molecule has 17 heavy (non-hydrogen) atoms. The highest BCUT2D eigenvalue weighted by atomic mass is 15.2. The van der Waals surface area contributed by atoms with Gasteiger partial charge in [-0.05, 0) is 57.0 Å². The molecule has 2 aliphatic rings. The average Bonchev–Trinajstić information content (AvgIpc) is 3.09. The number of likely N-dealkylation sites (tertiary alicyclic amines) is 1. The molecule has 1 aliphatic heterocycles. The van der Waals surface area contributed by atoms with E-state index in [-0.39, 0.29) is 0 Å². The Bertz CT molecular complexity index is 232. The third-order valence-corrected chi connectivity index (χ3v) is 4.66. The fourth-order valence-corrected chi connectivity index (χ4v) is 2.96. The second-order valence-corrected chi connectivity index (χ2v) is 7.21. The smallest absolute Gasteiger partial charge is 0.0192 e. The molecule has 0 aromatic heterocycles. The van der Waals surface area contributed by atoms with E-state index in [9.17, 15) is 0 Å². The van der Waals surface area contributed by atoms with Crippen molar-refractivity contribution in [1.82, 2.24) is 10.2 Å². The van der Waals surface area contributed by atoms with Crippen molar-refractivity contribution in [1.29, 1.82) is 0 Å². The average molecular weight is 238 g/mol. The van der Waals surface area contributed by atoms with Crippen LogP contribution in [0.15, 0.2) is 0 Å². The Balaban J connectivity index is 1.70. The molecular formula is C15H30N2. The van der Waals surface area contributed by atoms with E-state index in [4.69, 9.17) is 0 Å². The molecule has 0 bridgehead atoms. The van der Waals surface area contributed by atoms with Gasteiger partial charge in [0.1, 0.15) is 0 Å². The number of hydrogen-bond donors (Lipinski definition) is 1. The quantitative estimate of drug-likeness (QED) is 0.810. The van der Waals surface area contributed by atoms with Gasteiger partial charge in [0.2, 0.25) is 0 Å². The van der Waals surface area contributed by atoms with Crippen molar-refractivity contribution in [3.63, 3.8) is 0 Å². The summed E-state index contributed by atoms with van der Waals surface area (Å²) < 4.78 is 0. The minimum Gasteiger partial charge on any atom is -0.312 e. The normalized spacial score (nSPS) is 26.1. The van der Waals surface area contributed by atoms with Gasteiger partial charge in [0, 0.05) is 18.6 Å². The Hall–Kier alpha value is -0.0800. The molecule has 0 radical (unpaired) electrons. The summed E-state index contributed by atoms with van der Waals surface area (Å²) in [6.45, 7) is 13.4. The van der Waals surface area contributed by atoms with Gasteiger partial charge in [-0.2, -0.15) is 0 Å². The third-order valence-electron chi connectivity index (χ3n) is 4.66. The summed E-state index contributed by atoms with van der Waals surface area (Å²) in [4.78, 5) is 2.68. The van der Waals surface area contributed by atoms with Gasteiger partial charge in [-0.25, -0.2) is 0 Å². The van der Waals surface area contributed by atoms with Crippen LogP contribution in [0, 0.1) is 11.3 Å². The summed E-state index contributed by atoms with van der Waals surface area (Å²) >= 11 is 0. The van der Waals surface area contributed by atoms with E-state index in [1.54, 1.807) is 0 Å². The summed E-state index contributed by atoms with van der Waals surface area (Å²) in [5.74, 6) is 0.919. The van der Waals surface area contributed by atoms with E-state index in [1.807, 2.05) is 0 Å². The number of nitrogens with zero attached hydrogens (tertiary/aromatic N) is 1. The van der Waals surface area contributed by atoms with Crippen LogP contribution in [-0.4, -0.2) is 36.6 Å². The zero-order valence-corrected chi connectivity index (χ0v) is 12.1. The largest absolute Gasteiger partial charge is 0.312 e. The van der Waals surface area contributed by atoms with Gasteiger partial charge < -0.3 is 5.32 Å². The van der Waals surface area contributed by atoms with E-state index in [1.165, 1.54) is 45.3 Å². The molecule has 1 saturated carbocycles. The second-order valence-electron chi connectivity index (χ2n) is 7.21. The minimum absolute atomic E-state index is 0.502. The molecule has 1 heterocycles. The number of nitrogens with one attached hydrogen (secondary N) is 1. The Kier molecular flexibility index (Phi) is 4.14. The van der Waals surface area contributed by atoms with Gasteiger partial charge in [-0.3, -0.25) is 4.90 Å². The number of rotatable bonds is 4. The number of hydrogen-bond acceptors (Lipinski definition) is 2. The van der Waals surface area contributed by atoms with Crippen molar-refractivity contribution in [3.8, 4) is 0 Å². The Morgan fingerprint density at radius 2 is 1.71 bits per heavy atom. The van der Waals surface area contributed by atoms with Crippen LogP contribution in [0.5, 0.6) is 0 Å². The molecule has 2 nitrogen and oxygen atoms in total. The Morgan fingerprint density at radius 1 is 1.12 bits per heavy atom. The predicted octanol–water partition coefficient (Wildman–Crippen LogP) is 2.89. The van der Waals surface area contributed by atoms with Crippen molar-refractivity contribution >= 4 is 0 Å². The first-order valence-corrected chi connectivity index (χ1v) is 7.44. The molecule has 0 amide bonds. The lowest BCUT2D eigenvalue weighted by Crippen LogP contribution is -2.46. The van der Waals surface area contributed by atoms with E-state index < -0.39 is 0 Å². The van der Waals surface area contributed by atoms with Crippen LogP contribution in [0.2, 0.25) is 0 Å². The van der Waals surface area contributed by atoms with Crippen LogP contribution < -0.4 is 5.32 Å². The third kappa shape index (κ3) is 3.96. The lowest BCUT2D eigenvalue weighted by atomic mass is 9.75. The molecule has 2 fully saturated rings. The van der Waals surface area contributed by atoms with Gasteiger partial charge in [0.25, 0.3) is 0 Å². The first-order valence-electron chi connectivity index (χ1n) is 7.44. The number of piperidine rings is 1. The molecule has 2 rings (SSSR count). The molecule has 2 heteroatoms. The highest BCUT2D eigenvalue weighted by Gasteiger charge is 2.30. The SMILES string of the molecule is CC(CNC1CC1)N1CCC(C(C)(C)C)CC1. The summed E-state index contributed by atoms with van der Waals surface area (Å²) in [5, 5.41) is 3.65. The highest BCUT2D eigenvalue weighted by molar-refractivity contribution is 4.86. The summed E-state index contributed by atoms with van der Waals surface area (Å²) in [6, 6.07) is 1.57. The first-order chi connectivity index (χ1) is 7.97. The van der Waals surface area contributed by atoms with Crippen molar-refractivity contribution in [2.24, 2.45) is 11.3 Å². The molecule has 0 spiro atoms. The lowest BCUT2D eigenvalue weighted by Gasteiger charge is -2.41. The van der Waals surface area contributed by atoms with Crippen molar-refractivity contribution in [3.05, 3.63) is 0 Å². The van der Waals surface area contributed by atoms with Gasteiger partial charge in [-0.15, -0.1) is 0 Å². The van der Waals surface area contributed by atoms with Gasteiger partial charge in [0.05, 0.1) is 0 Å². The molecule has 0 aromatic rings. The van der Waals surface area contributed by atoms with Crippen molar-refractivity contribution in [2.75, 3.05) is 19.6 Å². The lowest BCUT2D eigenvalue weighted by molar-refractivity contribution is 0.0873. The molecule has 1 N–H and O–H groups in total. The van der Waals surface area contributed by atoms with E-state index >= 15 is 0 Å². The maximum Gasteiger partial charge on any atom is 0.0192 e. The molecule has 1 unspecified atom stereocenters. The van der Waals surface area contributed by atoms with Crippen LogP contribution in [0.25, 0.3) is 0 Å². The van der Waals surface area contributed by atoms with Crippen molar-refractivity contribution in [2.45, 2.75) is 65.5 Å².